The molecule has 3 rings (SSSR count). The first-order valence-electron chi connectivity index (χ1n) is 8.06. The Morgan fingerprint density at radius 2 is 1.79 bits per heavy atom. The van der Waals surface area contributed by atoms with Crippen molar-refractivity contribution in [3.05, 3.63) is 63.6 Å². The van der Waals surface area contributed by atoms with Crippen molar-refractivity contribution in [2.75, 3.05) is 31.1 Å². The van der Waals surface area contributed by atoms with Gasteiger partial charge in [0.05, 0.1) is 17.1 Å². The van der Waals surface area contributed by atoms with E-state index in [9.17, 15) is 4.79 Å². The number of halogens is 2. The molecule has 0 N–H and O–H groups in total. The van der Waals surface area contributed by atoms with Gasteiger partial charge in [0.25, 0.3) is 0 Å². The molecule has 1 aliphatic heterocycles. The number of benzene rings is 2. The Morgan fingerprint density at radius 3 is 2.50 bits per heavy atom. The molecule has 0 aromatic heterocycles. The monoisotopic (exact) mass is 362 g/mol. The number of piperazine rings is 1. The third-order valence-corrected chi connectivity index (χ3v) is 4.87. The van der Waals surface area contributed by atoms with Gasteiger partial charge in [-0.15, -0.1) is 0 Å². The van der Waals surface area contributed by atoms with Crippen LogP contribution in [-0.2, 0) is 11.2 Å². The van der Waals surface area contributed by atoms with E-state index >= 15 is 0 Å². The SMILES string of the molecule is Cc1cccc(CC(=O)N2CCN(c3cc(Cl)ccc3Cl)CC2)c1. The first kappa shape index (κ1) is 17.1. The fraction of sp³-hybridized carbons (Fsp3) is 0.316. The molecule has 0 bridgehead atoms. The molecule has 1 amide bonds. The quantitative estimate of drug-likeness (QED) is 0.816. The van der Waals surface area contributed by atoms with Gasteiger partial charge >= 0.3 is 0 Å². The van der Waals surface area contributed by atoms with Crippen LogP contribution in [0.1, 0.15) is 11.1 Å². The van der Waals surface area contributed by atoms with Gasteiger partial charge < -0.3 is 9.80 Å². The molecule has 2 aromatic rings. The first-order chi connectivity index (χ1) is 11.5. The molecule has 0 aliphatic carbocycles. The molecule has 5 heteroatoms. The lowest BCUT2D eigenvalue weighted by Gasteiger charge is -2.36. The number of rotatable bonds is 3. The molecule has 24 heavy (non-hydrogen) atoms. The van der Waals surface area contributed by atoms with Gasteiger partial charge in [0.15, 0.2) is 0 Å². The minimum atomic E-state index is 0.178. The minimum Gasteiger partial charge on any atom is -0.367 e. The van der Waals surface area contributed by atoms with Crippen LogP contribution in [-0.4, -0.2) is 37.0 Å². The van der Waals surface area contributed by atoms with Gasteiger partial charge in [-0.2, -0.15) is 0 Å². The number of nitrogens with zero attached hydrogens (tertiary/aromatic N) is 2. The fourth-order valence-electron chi connectivity index (χ4n) is 3.03. The number of amides is 1. The van der Waals surface area contributed by atoms with E-state index in [1.54, 1.807) is 6.07 Å². The summed E-state index contributed by atoms with van der Waals surface area (Å²) < 4.78 is 0. The van der Waals surface area contributed by atoms with Crippen molar-refractivity contribution in [2.24, 2.45) is 0 Å². The second-order valence-electron chi connectivity index (χ2n) is 6.13. The van der Waals surface area contributed by atoms with Gasteiger partial charge in [-0.25, -0.2) is 0 Å². The number of anilines is 1. The standard InChI is InChI=1S/C19H20Cl2N2O/c1-14-3-2-4-15(11-14)12-19(24)23-9-7-22(8-10-23)18-13-16(20)5-6-17(18)21/h2-6,11,13H,7-10,12H2,1H3. The Bertz CT molecular complexity index is 740. The molecule has 0 saturated carbocycles. The number of hydrogen-bond donors (Lipinski definition) is 0. The predicted molar refractivity (Wildman–Crippen MR) is 100 cm³/mol. The predicted octanol–water partition coefficient (Wildman–Crippen LogP) is 4.19. The summed E-state index contributed by atoms with van der Waals surface area (Å²) in [6, 6.07) is 13.6. The zero-order valence-corrected chi connectivity index (χ0v) is 15.1. The largest absolute Gasteiger partial charge is 0.367 e. The van der Waals surface area contributed by atoms with E-state index in [1.807, 2.05) is 42.2 Å². The van der Waals surface area contributed by atoms with Crippen LogP contribution in [0.4, 0.5) is 5.69 Å². The summed E-state index contributed by atoms with van der Waals surface area (Å²) in [6.45, 7) is 4.97. The van der Waals surface area contributed by atoms with Crippen LogP contribution in [0.15, 0.2) is 42.5 Å². The van der Waals surface area contributed by atoms with E-state index in [0.29, 0.717) is 29.6 Å². The van der Waals surface area contributed by atoms with Gasteiger partial charge in [0, 0.05) is 31.2 Å². The molecule has 1 saturated heterocycles. The molecular weight excluding hydrogens is 343 g/mol. The van der Waals surface area contributed by atoms with E-state index in [-0.39, 0.29) is 5.91 Å². The van der Waals surface area contributed by atoms with Crippen molar-refractivity contribution in [1.82, 2.24) is 4.90 Å². The van der Waals surface area contributed by atoms with Crippen molar-refractivity contribution in [2.45, 2.75) is 13.3 Å². The maximum atomic E-state index is 12.5. The van der Waals surface area contributed by atoms with Crippen LogP contribution in [0.5, 0.6) is 0 Å². The minimum absolute atomic E-state index is 0.178. The van der Waals surface area contributed by atoms with Gasteiger partial charge in [-0.1, -0.05) is 53.0 Å². The van der Waals surface area contributed by atoms with Crippen molar-refractivity contribution in [3.63, 3.8) is 0 Å². The van der Waals surface area contributed by atoms with Crippen LogP contribution in [0.3, 0.4) is 0 Å². The molecule has 126 valence electrons. The number of hydrogen-bond acceptors (Lipinski definition) is 2. The van der Waals surface area contributed by atoms with Gasteiger partial charge in [-0.3, -0.25) is 4.79 Å². The molecule has 1 aliphatic rings. The first-order valence-corrected chi connectivity index (χ1v) is 8.82. The zero-order valence-electron chi connectivity index (χ0n) is 13.6. The van der Waals surface area contributed by atoms with E-state index in [1.165, 1.54) is 5.56 Å². The average molecular weight is 363 g/mol. The third-order valence-electron chi connectivity index (χ3n) is 4.32. The average Bonchev–Trinajstić information content (AvgIpc) is 2.57. The smallest absolute Gasteiger partial charge is 0.227 e. The summed E-state index contributed by atoms with van der Waals surface area (Å²) in [7, 11) is 0. The number of carbonyl (C=O) groups is 1. The Hall–Kier alpha value is -1.71. The van der Waals surface area contributed by atoms with Crippen LogP contribution in [0, 0.1) is 6.92 Å². The summed E-state index contributed by atoms with van der Waals surface area (Å²) in [5.74, 6) is 0.178. The van der Waals surface area contributed by atoms with Gasteiger partial charge in [0.2, 0.25) is 5.91 Å². The Labute approximate surface area is 152 Å². The lowest BCUT2D eigenvalue weighted by molar-refractivity contribution is -0.130. The van der Waals surface area contributed by atoms with Crippen molar-refractivity contribution in [3.8, 4) is 0 Å². The highest BCUT2D eigenvalue weighted by Gasteiger charge is 2.22. The summed E-state index contributed by atoms with van der Waals surface area (Å²) >= 11 is 12.3. The fourth-order valence-corrected chi connectivity index (χ4v) is 3.44. The second-order valence-corrected chi connectivity index (χ2v) is 6.97. The highest BCUT2D eigenvalue weighted by molar-refractivity contribution is 6.35. The molecule has 0 radical (unpaired) electrons. The van der Waals surface area contributed by atoms with E-state index in [0.717, 1.165) is 24.3 Å². The maximum Gasteiger partial charge on any atom is 0.227 e. The van der Waals surface area contributed by atoms with E-state index in [2.05, 4.69) is 11.0 Å². The summed E-state index contributed by atoms with van der Waals surface area (Å²) in [5, 5.41) is 1.37. The number of aryl methyl sites for hydroxylation is 1. The Morgan fingerprint density at radius 1 is 1.04 bits per heavy atom. The molecule has 1 fully saturated rings. The maximum absolute atomic E-state index is 12.5. The summed E-state index contributed by atoms with van der Waals surface area (Å²) in [4.78, 5) is 16.6. The zero-order chi connectivity index (χ0) is 17.1. The molecular formula is C19H20Cl2N2O. The highest BCUT2D eigenvalue weighted by Crippen LogP contribution is 2.29. The Balaban J connectivity index is 1.60. The van der Waals surface area contributed by atoms with Crippen LogP contribution in [0.2, 0.25) is 10.0 Å². The molecule has 2 aromatic carbocycles. The normalized spacial score (nSPS) is 14.8. The summed E-state index contributed by atoms with van der Waals surface area (Å²) in [6.07, 6.45) is 0.458. The molecule has 0 unspecified atom stereocenters. The van der Waals surface area contributed by atoms with Gasteiger partial charge in [-0.05, 0) is 30.7 Å². The van der Waals surface area contributed by atoms with Crippen LogP contribution >= 0.6 is 23.2 Å². The second kappa shape index (κ2) is 7.45. The lowest BCUT2D eigenvalue weighted by Crippen LogP contribution is -2.49. The number of carbonyl (C=O) groups excluding carboxylic acids is 1. The topological polar surface area (TPSA) is 23.6 Å². The van der Waals surface area contributed by atoms with Crippen molar-refractivity contribution < 1.29 is 4.79 Å². The molecule has 1 heterocycles. The van der Waals surface area contributed by atoms with Gasteiger partial charge in [0.1, 0.15) is 0 Å². The molecule has 0 spiro atoms. The van der Waals surface area contributed by atoms with E-state index < -0.39 is 0 Å². The molecule has 3 nitrogen and oxygen atoms in total. The van der Waals surface area contributed by atoms with Crippen molar-refractivity contribution >= 4 is 34.8 Å². The van der Waals surface area contributed by atoms with Crippen LogP contribution < -0.4 is 4.90 Å². The lowest BCUT2D eigenvalue weighted by atomic mass is 10.1. The van der Waals surface area contributed by atoms with Crippen molar-refractivity contribution in [1.29, 1.82) is 0 Å². The highest BCUT2D eigenvalue weighted by atomic mass is 35.5. The summed E-state index contributed by atoms with van der Waals surface area (Å²) in [5.41, 5.74) is 3.19. The molecule has 0 atom stereocenters. The Kier molecular flexibility index (Phi) is 5.32. The third kappa shape index (κ3) is 4.03. The van der Waals surface area contributed by atoms with Crippen LogP contribution in [0.25, 0.3) is 0 Å². The van der Waals surface area contributed by atoms with E-state index in [4.69, 9.17) is 23.2 Å².